The molecule has 0 atom stereocenters. The van der Waals surface area contributed by atoms with Crippen molar-refractivity contribution in [2.24, 2.45) is 0 Å². The molecule has 0 amide bonds. The lowest BCUT2D eigenvalue weighted by molar-refractivity contribution is 0.181. The zero-order valence-corrected chi connectivity index (χ0v) is 18.3. The number of nitrogens with zero attached hydrogens (tertiary/aromatic N) is 5. The van der Waals surface area contributed by atoms with Crippen LogP contribution in [0, 0.1) is 11.3 Å². The number of nitriles is 1. The van der Waals surface area contributed by atoms with Crippen LogP contribution in [0.3, 0.4) is 0 Å². The molecule has 0 aliphatic carbocycles. The zero-order chi connectivity index (χ0) is 22.2. The molecule has 0 saturated carbocycles. The minimum absolute atomic E-state index is 0.244. The van der Waals surface area contributed by atoms with Gasteiger partial charge >= 0.3 is 0 Å². The first-order valence-electron chi connectivity index (χ1n) is 10.0. The van der Waals surface area contributed by atoms with Crippen molar-refractivity contribution in [2.45, 2.75) is 23.3 Å². The topological polar surface area (TPSA) is 85.8 Å². The number of rotatable bonds is 9. The van der Waals surface area contributed by atoms with Crippen LogP contribution in [0.25, 0.3) is 11.1 Å². The van der Waals surface area contributed by atoms with E-state index in [-0.39, 0.29) is 6.61 Å². The highest BCUT2D eigenvalue weighted by Crippen LogP contribution is 2.31. The van der Waals surface area contributed by atoms with Crippen molar-refractivity contribution in [1.29, 1.82) is 5.26 Å². The molecule has 0 aliphatic rings. The van der Waals surface area contributed by atoms with E-state index in [9.17, 15) is 5.26 Å². The van der Waals surface area contributed by atoms with Crippen molar-refractivity contribution in [2.75, 3.05) is 13.7 Å². The fourth-order valence-electron chi connectivity index (χ4n) is 3.14. The van der Waals surface area contributed by atoms with Crippen molar-refractivity contribution in [3.8, 4) is 22.9 Å². The van der Waals surface area contributed by atoms with Crippen LogP contribution in [0.4, 0.5) is 0 Å². The van der Waals surface area contributed by atoms with E-state index in [4.69, 9.17) is 9.47 Å². The summed E-state index contributed by atoms with van der Waals surface area (Å²) in [5.41, 5.74) is 2.59. The van der Waals surface area contributed by atoms with Crippen LogP contribution in [-0.4, -0.2) is 33.5 Å². The summed E-state index contributed by atoms with van der Waals surface area (Å²) in [5, 5.41) is 19.2. The van der Waals surface area contributed by atoms with E-state index in [0.717, 1.165) is 16.9 Å². The molecular weight excluding hydrogens is 422 g/mol. The van der Waals surface area contributed by atoms with Gasteiger partial charge in [-0.25, -0.2) is 4.98 Å². The Bertz CT molecular complexity index is 1220. The Labute approximate surface area is 190 Å². The molecule has 0 saturated heterocycles. The van der Waals surface area contributed by atoms with Crippen LogP contribution < -0.4 is 4.74 Å². The van der Waals surface area contributed by atoms with Gasteiger partial charge in [0.25, 0.3) is 0 Å². The summed E-state index contributed by atoms with van der Waals surface area (Å²) in [6.45, 7) is 1.29. The van der Waals surface area contributed by atoms with Crippen molar-refractivity contribution in [3.05, 3.63) is 84.3 Å². The molecule has 0 fully saturated rings. The Morgan fingerprint density at radius 3 is 2.62 bits per heavy atom. The second kappa shape index (κ2) is 10.6. The fourth-order valence-corrected chi connectivity index (χ4v) is 4.04. The zero-order valence-electron chi connectivity index (χ0n) is 17.5. The Hall–Kier alpha value is -3.67. The van der Waals surface area contributed by atoms with Crippen LogP contribution in [0.2, 0.25) is 0 Å². The quantitative estimate of drug-likeness (QED) is 0.374. The molecule has 7 nitrogen and oxygen atoms in total. The van der Waals surface area contributed by atoms with Gasteiger partial charge in [0.05, 0.1) is 12.2 Å². The van der Waals surface area contributed by atoms with Crippen molar-refractivity contribution in [1.82, 2.24) is 19.7 Å². The van der Waals surface area contributed by atoms with E-state index in [1.165, 1.54) is 11.8 Å². The summed E-state index contributed by atoms with van der Waals surface area (Å²) in [6.07, 6.45) is 1.66. The van der Waals surface area contributed by atoms with Crippen LogP contribution in [0.5, 0.6) is 5.75 Å². The van der Waals surface area contributed by atoms with Gasteiger partial charge in [-0.3, -0.25) is 0 Å². The van der Waals surface area contributed by atoms with E-state index in [1.54, 1.807) is 25.4 Å². The summed E-state index contributed by atoms with van der Waals surface area (Å²) in [5.74, 6) is 1.44. The maximum Gasteiger partial charge on any atom is 0.197 e. The largest absolute Gasteiger partial charge is 0.485 e. The van der Waals surface area contributed by atoms with Gasteiger partial charge in [-0.15, -0.1) is 10.2 Å². The van der Waals surface area contributed by atoms with Gasteiger partial charge in [0.15, 0.2) is 11.0 Å². The Balaban J connectivity index is 1.58. The molecule has 4 rings (SSSR count). The maximum absolute atomic E-state index is 9.36. The van der Waals surface area contributed by atoms with Gasteiger partial charge in [-0.2, -0.15) is 5.26 Å². The summed E-state index contributed by atoms with van der Waals surface area (Å²) in [4.78, 5) is 4.31. The van der Waals surface area contributed by atoms with Crippen LogP contribution >= 0.6 is 11.8 Å². The van der Waals surface area contributed by atoms with Gasteiger partial charge in [0.1, 0.15) is 23.5 Å². The Morgan fingerprint density at radius 2 is 1.81 bits per heavy atom. The first kappa shape index (κ1) is 21.6. The van der Waals surface area contributed by atoms with Crippen molar-refractivity contribution < 1.29 is 9.47 Å². The highest BCUT2D eigenvalue weighted by Gasteiger charge is 2.17. The average Bonchev–Trinajstić information content (AvgIpc) is 3.23. The standard InChI is InChI=1S/C24H21N5O2S/c1-30-15-14-29-22(27-28-24(29)32-23-19(16-25)10-7-13-26-23)17-31-21-12-6-5-11-20(21)18-8-3-2-4-9-18/h2-13H,14-15,17H2,1H3. The molecule has 0 radical (unpaired) electrons. The number of pyridine rings is 1. The number of hydrogen-bond acceptors (Lipinski definition) is 7. The molecule has 8 heteroatoms. The normalized spacial score (nSPS) is 10.6. The third kappa shape index (κ3) is 4.97. The van der Waals surface area contributed by atoms with Gasteiger partial charge < -0.3 is 14.0 Å². The van der Waals surface area contributed by atoms with Crippen LogP contribution in [0.15, 0.2) is 83.1 Å². The Kier molecular flexibility index (Phi) is 7.12. The summed E-state index contributed by atoms with van der Waals surface area (Å²) in [6, 6.07) is 23.7. The third-order valence-corrected chi connectivity index (χ3v) is 5.72. The van der Waals surface area contributed by atoms with E-state index in [0.29, 0.717) is 34.7 Å². The van der Waals surface area contributed by atoms with Crippen molar-refractivity contribution >= 4 is 11.8 Å². The summed E-state index contributed by atoms with van der Waals surface area (Å²) >= 11 is 1.30. The summed E-state index contributed by atoms with van der Waals surface area (Å²) in [7, 11) is 1.65. The molecule has 0 N–H and O–H groups in total. The number of ether oxygens (including phenoxy) is 2. The number of aromatic nitrogens is 4. The molecular formula is C24H21N5O2S. The monoisotopic (exact) mass is 443 g/mol. The number of methoxy groups -OCH3 is 1. The smallest absolute Gasteiger partial charge is 0.197 e. The molecule has 2 aromatic heterocycles. The molecule has 0 unspecified atom stereocenters. The average molecular weight is 444 g/mol. The lowest BCUT2D eigenvalue weighted by atomic mass is 10.1. The SMILES string of the molecule is COCCn1c(COc2ccccc2-c2ccccc2)nnc1Sc1ncccc1C#N. The first-order valence-corrected chi connectivity index (χ1v) is 10.8. The van der Waals surface area contributed by atoms with Gasteiger partial charge in [-0.1, -0.05) is 48.5 Å². The fraction of sp³-hybridized carbons (Fsp3) is 0.167. The van der Waals surface area contributed by atoms with E-state index >= 15 is 0 Å². The minimum atomic E-state index is 0.244. The van der Waals surface area contributed by atoms with Gasteiger partial charge in [0, 0.05) is 25.4 Å². The second-order valence-corrected chi connectivity index (χ2v) is 7.72. The number of benzene rings is 2. The van der Waals surface area contributed by atoms with Crippen LogP contribution in [0.1, 0.15) is 11.4 Å². The molecule has 0 aliphatic heterocycles. The third-order valence-electron chi connectivity index (χ3n) is 4.72. The minimum Gasteiger partial charge on any atom is -0.485 e. The van der Waals surface area contributed by atoms with E-state index in [1.807, 2.05) is 47.0 Å². The molecule has 0 spiro atoms. The predicted molar refractivity (Wildman–Crippen MR) is 121 cm³/mol. The highest BCUT2D eigenvalue weighted by molar-refractivity contribution is 7.99. The highest BCUT2D eigenvalue weighted by atomic mass is 32.2. The lowest BCUT2D eigenvalue weighted by Gasteiger charge is -2.13. The second-order valence-electron chi connectivity index (χ2n) is 6.76. The van der Waals surface area contributed by atoms with Gasteiger partial charge in [0.2, 0.25) is 0 Å². The van der Waals surface area contributed by atoms with E-state index < -0.39 is 0 Å². The predicted octanol–water partition coefficient (Wildman–Crippen LogP) is 4.59. The molecule has 4 aromatic rings. The molecule has 2 aromatic carbocycles. The lowest BCUT2D eigenvalue weighted by Crippen LogP contribution is -2.12. The van der Waals surface area contributed by atoms with Gasteiger partial charge in [-0.05, 0) is 35.5 Å². The molecule has 0 bridgehead atoms. The number of para-hydroxylation sites is 1. The van der Waals surface area contributed by atoms with Crippen molar-refractivity contribution in [3.63, 3.8) is 0 Å². The Morgan fingerprint density at radius 1 is 1.00 bits per heavy atom. The summed E-state index contributed by atoms with van der Waals surface area (Å²) < 4.78 is 13.4. The molecule has 32 heavy (non-hydrogen) atoms. The molecule has 160 valence electrons. The van der Waals surface area contributed by atoms with Crippen LogP contribution in [-0.2, 0) is 17.9 Å². The first-order chi connectivity index (χ1) is 15.8. The molecule has 2 heterocycles. The number of hydrogen-bond donors (Lipinski definition) is 0. The van der Waals surface area contributed by atoms with E-state index in [2.05, 4.69) is 33.4 Å². The maximum atomic E-state index is 9.36.